The number of hydrogen-bond donors (Lipinski definition) is 1. The number of likely N-dealkylation sites (tertiary alicyclic amines) is 1. The van der Waals surface area contributed by atoms with E-state index >= 15 is 0 Å². The highest BCUT2D eigenvalue weighted by molar-refractivity contribution is 5.24. The third kappa shape index (κ3) is 4.32. The molecule has 1 aliphatic heterocycles. The largest absolute Gasteiger partial charge is 0.307 e. The molecule has 0 amide bonds. The van der Waals surface area contributed by atoms with Crippen molar-refractivity contribution in [1.29, 1.82) is 0 Å². The van der Waals surface area contributed by atoms with E-state index in [0.717, 1.165) is 6.42 Å². The first kappa shape index (κ1) is 14.5. The van der Waals surface area contributed by atoms with Crippen LogP contribution in [0.4, 0.5) is 0 Å². The van der Waals surface area contributed by atoms with Crippen molar-refractivity contribution in [3.63, 3.8) is 0 Å². The van der Waals surface area contributed by atoms with Crippen molar-refractivity contribution >= 4 is 0 Å². The van der Waals surface area contributed by atoms with Gasteiger partial charge >= 0.3 is 0 Å². The van der Waals surface area contributed by atoms with Gasteiger partial charge in [-0.25, -0.2) is 0 Å². The van der Waals surface area contributed by atoms with Crippen molar-refractivity contribution < 1.29 is 0 Å². The van der Waals surface area contributed by atoms with E-state index in [1.54, 1.807) is 0 Å². The molecule has 0 saturated carbocycles. The van der Waals surface area contributed by atoms with Crippen LogP contribution in [0, 0.1) is 6.92 Å². The number of aryl methyl sites for hydroxylation is 1. The Labute approximate surface area is 118 Å². The fourth-order valence-corrected chi connectivity index (χ4v) is 2.94. The molecule has 1 aromatic rings. The molecular formula is C17H28N2. The molecule has 2 atom stereocenters. The maximum absolute atomic E-state index is 3.88. The number of hydrogen-bond acceptors (Lipinski definition) is 2. The van der Waals surface area contributed by atoms with Crippen molar-refractivity contribution in [2.24, 2.45) is 0 Å². The van der Waals surface area contributed by atoms with Crippen LogP contribution in [0.5, 0.6) is 0 Å². The Morgan fingerprint density at radius 1 is 1.21 bits per heavy atom. The van der Waals surface area contributed by atoms with E-state index in [1.807, 2.05) is 0 Å². The summed E-state index contributed by atoms with van der Waals surface area (Å²) >= 11 is 0. The average Bonchev–Trinajstić information content (AvgIpc) is 2.62. The quantitative estimate of drug-likeness (QED) is 0.891. The Hall–Kier alpha value is -0.860. The molecule has 0 bridgehead atoms. The fraction of sp³-hybridized carbons (Fsp3) is 0.647. The lowest BCUT2D eigenvalue weighted by Crippen LogP contribution is -2.33. The lowest BCUT2D eigenvalue weighted by Gasteiger charge is -2.24. The van der Waals surface area contributed by atoms with Crippen LogP contribution in [0.2, 0.25) is 0 Å². The van der Waals surface area contributed by atoms with E-state index in [0.29, 0.717) is 12.1 Å². The average molecular weight is 260 g/mol. The predicted molar refractivity (Wildman–Crippen MR) is 82.5 cm³/mol. The van der Waals surface area contributed by atoms with Crippen LogP contribution in [0.3, 0.4) is 0 Å². The van der Waals surface area contributed by atoms with E-state index in [1.165, 1.54) is 43.5 Å². The molecule has 2 heteroatoms. The van der Waals surface area contributed by atoms with Crippen molar-refractivity contribution in [2.75, 3.05) is 20.1 Å². The highest BCUT2D eigenvalue weighted by Crippen LogP contribution is 2.20. The van der Waals surface area contributed by atoms with Crippen LogP contribution in [0.15, 0.2) is 24.3 Å². The lowest BCUT2D eigenvalue weighted by atomic mass is 10.0. The van der Waals surface area contributed by atoms with E-state index in [2.05, 4.69) is 55.4 Å². The lowest BCUT2D eigenvalue weighted by molar-refractivity contribution is 0.337. The summed E-state index contributed by atoms with van der Waals surface area (Å²) in [5, 5.41) is 3.88. The zero-order valence-corrected chi connectivity index (χ0v) is 12.7. The molecule has 2 nitrogen and oxygen atoms in total. The maximum atomic E-state index is 3.88. The Morgan fingerprint density at radius 2 is 1.95 bits per heavy atom. The Balaban J connectivity index is 1.96. The number of nitrogens with zero attached hydrogens (tertiary/aromatic N) is 1. The second-order valence-electron chi connectivity index (χ2n) is 5.97. The van der Waals surface area contributed by atoms with Gasteiger partial charge in [0.05, 0.1) is 0 Å². The molecule has 0 spiro atoms. The molecule has 0 radical (unpaired) electrons. The summed E-state index contributed by atoms with van der Waals surface area (Å²) in [4.78, 5) is 2.45. The minimum Gasteiger partial charge on any atom is -0.307 e. The third-order valence-electron chi connectivity index (χ3n) is 4.28. The molecule has 0 aromatic heterocycles. The van der Waals surface area contributed by atoms with Gasteiger partial charge < -0.3 is 10.2 Å². The van der Waals surface area contributed by atoms with Gasteiger partial charge in [-0.3, -0.25) is 0 Å². The van der Waals surface area contributed by atoms with Gasteiger partial charge in [-0.15, -0.1) is 0 Å². The standard InChI is InChI=1S/C17H28N2/c1-4-17(15-9-7-14(2)8-10-15)18-16-6-5-12-19(3)13-11-16/h7-10,16-18H,4-6,11-13H2,1-3H3. The normalized spacial score (nSPS) is 23.0. The van der Waals surface area contributed by atoms with Gasteiger partial charge in [0.2, 0.25) is 0 Å². The first-order valence-electron chi connectivity index (χ1n) is 7.70. The summed E-state index contributed by atoms with van der Waals surface area (Å²) in [5.41, 5.74) is 2.78. The Kier molecular flexibility index (Phi) is 5.41. The predicted octanol–water partition coefficient (Wildman–Crippen LogP) is 3.52. The monoisotopic (exact) mass is 260 g/mol. The van der Waals surface area contributed by atoms with Crippen LogP contribution in [-0.4, -0.2) is 31.1 Å². The van der Waals surface area contributed by atoms with Crippen LogP contribution >= 0.6 is 0 Å². The van der Waals surface area contributed by atoms with Gasteiger partial charge in [0.15, 0.2) is 0 Å². The summed E-state index contributed by atoms with van der Waals surface area (Å²) in [5.74, 6) is 0. The van der Waals surface area contributed by atoms with E-state index in [-0.39, 0.29) is 0 Å². The molecule has 0 aliphatic carbocycles. The zero-order valence-electron chi connectivity index (χ0n) is 12.7. The van der Waals surface area contributed by atoms with Gasteiger partial charge in [-0.05, 0) is 58.3 Å². The van der Waals surface area contributed by atoms with Crippen LogP contribution < -0.4 is 5.32 Å². The summed E-state index contributed by atoms with van der Waals surface area (Å²) in [6, 6.07) is 10.2. The Morgan fingerprint density at radius 3 is 2.63 bits per heavy atom. The molecule has 2 rings (SSSR count). The SMILES string of the molecule is CCC(NC1CCCN(C)CC1)c1ccc(C)cc1. The van der Waals surface area contributed by atoms with Gasteiger partial charge in [-0.2, -0.15) is 0 Å². The first-order chi connectivity index (χ1) is 9.19. The number of nitrogens with one attached hydrogen (secondary N) is 1. The molecule has 2 unspecified atom stereocenters. The molecule has 106 valence electrons. The topological polar surface area (TPSA) is 15.3 Å². The van der Waals surface area contributed by atoms with Crippen LogP contribution in [0.1, 0.15) is 49.8 Å². The van der Waals surface area contributed by atoms with E-state index in [4.69, 9.17) is 0 Å². The highest BCUT2D eigenvalue weighted by Gasteiger charge is 2.18. The first-order valence-corrected chi connectivity index (χ1v) is 7.70. The van der Waals surface area contributed by atoms with Crippen molar-refractivity contribution in [3.8, 4) is 0 Å². The second kappa shape index (κ2) is 7.06. The smallest absolute Gasteiger partial charge is 0.0320 e. The molecule has 1 aliphatic rings. The third-order valence-corrected chi connectivity index (χ3v) is 4.28. The van der Waals surface area contributed by atoms with Crippen molar-refractivity contribution in [1.82, 2.24) is 10.2 Å². The molecule has 1 saturated heterocycles. The molecule has 1 fully saturated rings. The van der Waals surface area contributed by atoms with Crippen LogP contribution in [-0.2, 0) is 0 Å². The minimum absolute atomic E-state index is 0.508. The highest BCUT2D eigenvalue weighted by atomic mass is 15.1. The molecule has 1 aromatic carbocycles. The van der Waals surface area contributed by atoms with Gasteiger partial charge in [-0.1, -0.05) is 36.8 Å². The molecular weight excluding hydrogens is 232 g/mol. The zero-order chi connectivity index (χ0) is 13.7. The van der Waals surface area contributed by atoms with Gasteiger partial charge in [0, 0.05) is 12.1 Å². The second-order valence-corrected chi connectivity index (χ2v) is 5.97. The fourth-order valence-electron chi connectivity index (χ4n) is 2.94. The molecule has 19 heavy (non-hydrogen) atoms. The minimum atomic E-state index is 0.508. The summed E-state index contributed by atoms with van der Waals surface area (Å²) in [6.45, 7) is 6.90. The van der Waals surface area contributed by atoms with Crippen molar-refractivity contribution in [3.05, 3.63) is 35.4 Å². The van der Waals surface area contributed by atoms with Gasteiger partial charge in [0.25, 0.3) is 0 Å². The van der Waals surface area contributed by atoms with Crippen molar-refractivity contribution in [2.45, 2.75) is 51.6 Å². The molecule has 1 heterocycles. The summed E-state index contributed by atoms with van der Waals surface area (Å²) < 4.78 is 0. The number of benzene rings is 1. The summed E-state index contributed by atoms with van der Waals surface area (Å²) in [7, 11) is 2.24. The molecule has 1 N–H and O–H groups in total. The summed E-state index contributed by atoms with van der Waals surface area (Å²) in [6.07, 6.45) is 5.07. The van der Waals surface area contributed by atoms with E-state index in [9.17, 15) is 0 Å². The Bertz CT molecular complexity index is 371. The van der Waals surface area contributed by atoms with E-state index < -0.39 is 0 Å². The number of rotatable bonds is 4. The van der Waals surface area contributed by atoms with Crippen LogP contribution in [0.25, 0.3) is 0 Å². The van der Waals surface area contributed by atoms with Gasteiger partial charge in [0.1, 0.15) is 0 Å². The maximum Gasteiger partial charge on any atom is 0.0320 e.